The maximum absolute atomic E-state index is 5.18. The third kappa shape index (κ3) is 3.18. The minimum atomic E-state index is 0. The average molecular weight is 217 g/mol. The Morgan fingerprint density at radius 3 is 2.00 bits per heavy atom. The summed E-state index contributed by atoms with van der Waals surface area (Å²) < 4.78 is 0. The van der Waals surface area contributed by atoms with Gasteiger partial charge in [-0.05, 0) is 37.5 Å². The lowest BCUT2D eigenvalue weighted by molar-refractivity contribution is 0.543. The molecule has 80 valence electrons. The zero-order valence-corrected chi connectivity index (χ0v) is 8.91. The highest BCUT2D eigenvalue weighted by atomic mass is 35.5. The Hall–Kier alpha value is -0.770. The highest BCUT2D eigenvalue weighted by Gasteiger charge is 2.40. The molecule has 0 saturated heterocycles. The van der Waals surface area contributed by atoms with Crippen LogP contribution in [0.3, 0.4) is 0 Å². The summed E-state index contributed by atoms with van der Waals surface area (Å²) in [6.07, 6.45) is 7.36. The molecule has 0 atom stereocenters. The monoisotopic (exact) mass is 216 g/mol. The Kier molecular flexibility index (Phi) is 3.75. The molecule has 4 N–H and O–H groups in total. The summed E-state index contributed by atoms with van der Waals surface area (Å²) in [6, 6.07) is 0. The molecule has 2 saturated carbocycles. The van der Waals surface area contributed by atoms with E-state index in [2.05, 4.69) is 10.2 Å². The third-order valence-electron chi connectivity index (χ3n) is 2.74. The van der Waals surface area contributed by atoms with E-state index >= 15 is 0 Å². The van der Waals surface area contributed by atoms with Crippen LogP contribution in [0.4, 0.5) is 0 Å². The molecule has 0 unspecified atom stereocenters. The van der Waals surface area contributed by atoms with E-state index in [9.17, 15) is 0 Å². The van der Waals surface area contributed by atoms with Crippen LogP contribution >= 0.6 is 12.4 Å². The van der Waals surface area contributed by atoms with Gasteiger partial charge in [0.15, 0.2) is 0 Å². The lowest BCUT2D eigenvalue weighted by Gasteiger charge is -2.06. The zero-order chi connectivity index (χ0) is 9.26. The molecule has 0 spiro atoms. The third-order valence-corrected chi connectivity index (χ3v) is 2.74. The number of rotatable bonds is 4. The summed E-state index contributed by atoms with van der Waals surface area (Å²) in [5, 5.41) is 7.53. The molecule has 14 heavy (non-hydrogen) atoms. The molecule has 2 aliphatic carbocycles. The minimum absolute atomic E-state index is 0. The van der Waals surface area contributed by atoms with Crippen molar-refractivity contribution in [1.29, 1.82) is 0 Å². The van der Waals surface area contributed by atoms with Crippen molar-refractivity contribution in [2.45, 2.75) is 25.7 Å². The van der Waals surface area contributed by atoms with Gasteiger partial charge in [-0.15, -0.1) is 17.5 Å². The molecule has 5 heteroatoms. The predicted molar refractivity (Wildman–Crippen MR) is 60.5 cm³/mol. The molecule has 0 aliphatic heterocycles. The van der Waals surface area contributed by atoms with E-state index in [1.165, 1.54) is 25.7 Å². The van der Waals surface area contributed by atoms with Crippen molar-refractivity contribution < 1.29 is 0 Å². The van der Waals surface area contributed by atoms with Gasteiger partial charge in [0.2, 0.25) is 5.96 Å². The molecule has 0 bridgehead atoms. The van der Waals surface area contributed by atoms with Gasteiger partial charge < -0.3 is 11.5 Å². The summed E-state index contributed by atoms with van der Waals surface area (Å²) in [5.74, 6) is 2.42. The molecule has 0 amide bonds. The first-order valence-corrected chi connectivity index (χ1v) is 4.89. The second kappa shape index (κ2) is 4.64. The Morgan fingerprint density at radius 2 is 1.64 bits per heavy atom. The number of guanidine groups is 1. The first-order valence-electron chi connectivity index (χ1n) is 4.89. The maximum atomic E-state index is 5.18. The molecule has 4 nitrogen and oxygen atoms in total. The molecule has 0 aromatic heterocycles. The molecule has 2 rings (SSSR count). The first kappa shape index (κ1) is 11.3. The lowest BCUT2D eigenvalue weighted by atomic mass is 10.00. The number of hydrogen-bond donors (Lipinski definition) is 2. The first-order chi connectivity index (χ1) is 6.27. The fraction of sp³-hybridized carbons (Fsp3) is 0.778. The van der Waals surface area contributed by atoms with Gasteiger partial charge in [-0.1, -0.05) is 0 Å². The van der Waals surface area contributed by atoms with E-state index < -0.39 is 0 Å². The molecular weight excluding hydrogens is 200 g/mol. The molecule has 0 aromatic carbocycles. The van der Waals surface area contributed by atoms with Crippen molar-refractivity contribution in [3.63, 3.8) is 0 Å². The number of nitrogens with zero attached hydrogens (tertiary/aromatic N) is 2. The van der Waals surface area contributed by atoms with Gasteiger partial charge in [-0.25, -0.2) is 0 Å². The lowest BCUT2D eigenvalue weighted by Crippen LogP contribution is -2.22. The highest BCUT2D eigenvalue weighted by molar-refractivity contribution is 5.85. The van der Waals surface area contributed by atoms with Crippen LogP contribution in [0.5, 0.6) is 0 Å². The van der Waals surface area contributed by atoms with E-state index in [-0.39, 0.29) is 18.4 Å². The predicted octanol–water partition coefficient (Wildman–Crippen LogP) is 1.10. The van der Waals surface area contributed by atoms with Crippen LogP contribution in [0.2, 0.25) is 0 Å². The van der Waals surface area contributed by atoms with Crippen LogP contribution in [0.25, 0.3) is 0 Å². The van der Waals surface area contributed by atoms with Crippen molar-refractivity contribution in [2.24, 2.45) is 39.4 Å². The van der Waals surface area contributed by atoms with Crippen LogP contribution in [0.1, 0.15) is 25.7 Å². The summed E-state index contributed by atoms with van der Waals surface area (Å²) in [4.78, 5) is 0. The molecule has 0 radical (unpaired) electrons. The normalized spacial score (nSPS) is 20.9. The van der Waals surface area contributed by atoms with Crippen molar-refractivity contribution in [3.05, 3.63) is 0 Å². The Balaban J connectivity index is 0.000000980. The van der Waals surface area contributed by atoms with Crippen LogP contribution in [0, 0.1) is 17.8 Å². The van der Waals surface area contributed by atoms with Gasteiger partial charge in [0.25, 0.3) is 0 Å². The molecule has 0 aromatic rings. The minimum Gasteiger partial charge on any atom is -0.369 e. The Morgan fingerprint density at radius 1 is 1.14 bits per heavy atom. The van der Waals surface area contributed by atoms with E-state index in [0.29, 0.717) is 5.92 Å². The summed E-state index contributed by atoms with van der Waals surface area (Å²) >= 11 is 0. The average Bonchev–Trinajstić information content (AvgIpc) is 2.89. The van der Waals surface area contributed by atoms with E-state index in [1.807, 2.05) is 6.21 Å². The smallest absolute Gasteiger partial charge is 0.211 e. The van der Waals surface area contributed by atoms with Gasteiger partial charge in [0, 0.05) is 12.1 Å². The van der Waals surface area contributed by atoms with Crippen molar-refractivity contribution >= 4 is 24.6 Å². The Bertz CT molecular complexity index is 227. The molecular formula is C9H17ClN4. The molecule has 2 fully saturated rings. The highest BCUT2D eigenvalue weighted by Crippen LogP contribution is 2.48. The second-order valence-corrected chi connectivity index (χ2v) is 4.04. The number of nitrogens with two attached hydrogens (primary N) is 2. The largest absolute Gasteiger partial charge is 0.369 e. The van der Waals surface area contributed by atoms with Crippen LogP contribution in [-0.2, 0) is 0 Å². The quantitative estimate of drug-likeness (QED) is 0.420. The fourth-order valence-electron chi connectivity index (χ4n) is 1.77. The summed E-state index contributed by atoms with van der Waals surface area (Å²) in [7, 11) is 0. The van der Waals surface area contributed by atoms with Crippen molar-refractivity contribution in [3.8, 4) is 0 Å². The SMILES string of the molecule is Cl.NC(N)=N/N=C/C(C1CC1)C1CC1. The zero-order valence-electron chi connectivity index (χ0n) is 8.10. The fourth-order valence-corrected chi connectivity index (χ4v) is 1.77. The number of hydrogen-bond acceptors (Lipinski definition) is 2. The second-order valence-electron chi connectivity index (χ2n) is 4.04. The van der Waals surface area contributed by atoms with E-state index in [1.54, 1.807) is 0 Å². The van der Waals surface area contributed by atoms with Gasteiger partial charge in [-0.3, -0.25) is 0 Å². The van der Waals surface area contributed by atoms with E-state index in [4.69, 9.17) is 11.5 Å². The van der Waals surface area contributed by atoms with Gasteiger partial charge in [0.05, 0.1) is 0 Å². The van der Waals surface area contributed by atoms with E-state index in [0.717, 1.165) is 11.8 Å². The van der Waals surface area contributed by atoms with Gasteiger partial charge in [-0.2, -0.15) is 5.10 Å². The molecule has 2 aliphatic rings. The van der Waals surface area contributed by atoms with Crippen LogP contribution in [-0.4, -0.2) is 12.2 Å². The van der Waals surface area contributed by atoms with Gasteiger partial charge >= 0.3 is 0 Å². The van der Waals surface area contributed by atoms with Crippen LogP contribution < -0.4 is 11.5 Å². The van der Waals surface area contributed by atoms with Crippen molar-refractivity contribution in [1.82, 2.24) is 0 Å². The van der Waals surface area contributed by atoms with Crippen LogP contribution in [0.15, 0.2) is 10.2 Å². The van der Waals surface area contributed by atoms with Gasteiger partial charge in [0.1, 0.15) is 0 Å². The topological polar surface area (TPSA) is 76.8 Å². The number of halogens is 1. The summed E-state index contributed by atoms with van der Waals surface area (Å²) in [5.41, 5.74) is 10.4. The maximum Gasteiger partial charge on any atom is 0.211 e. The molecule has 0 heterocycles. The summed E-state index contributed by atoms with van der Waals surface area (Å²) in [6.45, 7) is 0. The Labute approximate surface area is 90.2 Å². The van der Waals surface area contributed by atoms with Crippen molar-refractivity contribution in [2.75, 3.05) is 0 Å². The standard InChI is InChI=1S/C9H16N4.ClH/c10-9(11)13-12-5-8(6-1-2-6)7-3-4-7;/h5-8H,1-4H2,(H4,10,11,13);1H/b12-5+;.